The molecule has 0 amide bonds. The Labute approximate surface area is 149 Å². The number of rotatable bonds is 4. The van der Waals surface area contributed by atoms with Gasteiger partial charge in [0.2, 0.25) is 0 Å². The Morgan fingerprint density at radius 1 is 1.36 bits per heavy atom. The first-order chi connectivity index (χ1) is 12.2. The van der Waals surface area contributed by atoms with E-state index < -0.39 is 0 Å². The molecule has 3 aliphatic rings. The molecule has 0 aliphatic carbocycles. The molecule has 4 heteroatoms. The number of fused-ring (bicyclic) bond motifs is 4. The molecular formula is C21H26N2O2. The van der Waals surface area contributed by atoms with E-state index in [1.54, 1.807) is 0 Å². The lowest BCUT2D eigenvalue weighted by Crippen LogP contribution is -2.55. The fraction of sp³-hybridized carbons (Fsp3) is 0.524. The van der Waals surface area contributed by atoms with Gasteiger partial charge in [0.15, 0.2) is 0 Å². The zero-order chi connectivity index (χ0) is 17.4. The molecule has 0 radical (unpaired) electrons. The normalized spacial score (nSPS) is 29.5. The fourth-order valence-corrected chi connectivity index (χ4v) is 4.85. The van der Waals surface area contributed by atoms with Gasteiger partial charge in [0.25, 0.3) is 0 Å². The zero-order valence-corrected chi connectivity index (χ0v) is 15.0. The molecule has 3 aliphatic heterocycles. The number of benzene rings is 1. The standard InChI is InChI=1S/C21H26N2O2/c1-3-15-13-23-11-9-16(15)12-20(23)21(25-14(2)24)18-8-10-22-19-7-5-4-6-17(18)19/h4-8,10,15-16,20-21H,3,9,11-13H2,1-2H3/t15-,16-,20-,21+/m0/s1. The van der Waals surface area contributed by atoms with Gasteiger partial charge in [-0.05, 0) is 43.4 Å². The Morgan fingerprint density at radius 2 is 2.20 bits per heavy atom. The highest BCUT2D eigenvalue weighted by molar-refractivity contribution is 5.82. The fourth-order valence-electron chi connectivity index (χ4n) is 4.85. The van der Waals surface area contributed by atoms with E-state index in [0.717, 1.165) is 47.8 Å². The van der Waals surface area contributed by atoms with E-state index in [0.29, 0.717) is 0 Å². The van der Waals surface area contributed by atoms with Gasteiger partial charge in [0.1, 0.15) is 6.10 Å². The third-order valence-corrected chi connectivity index (χ3v) is 6.09. The first-order valence-electron chi connectivity index (χ1n) is 9.42. The smallest absolute Gasteiger partial charge is 0.303 e. The first-order valence-corrected chi connectivity index (χ1v) is 9.42. The summed E-state index contributed by atoms with van der Waals surface area (Å²) in [4.78, 5) is 18.9. The van der Waals surface area contributed by atoms with Gasteiger partial charge in [0, 0.05) is 30.6 Å². The molecule has 3 saturated heterocycles. The Bertz CT molecular complexity index is 770. The van der Waals surface area contributed by atoms with Crippen molar-refractivity contribution < 1.29 is 9.53 Å². The van der Waals surface area contributed by atoms with Crippen LogP contribution in [0.15, 0.2) is 36.5 Å². The summed E-state index contributed by atoms with van der Waals surface area (Å²) in [5.41, 5.74) is 2.05. The van der Waals surface area contributed by atoms with Crippen LogP contribution < -0.4 is 0 Å². The maximum Gasteiger partial charge on any atom is 0.303 e. The van der Waals surface area contributed by atoms with Crippen LogP contribution >= 0.6 is 0 Å². The molecule has 4 heterocycles. The highest BCUT2D eigenvalue weighted by Crippen LogP contribution is 2.43. The molecule has 2 aromatic rings. The van der Waals surface area contributed by atoms with Crippen molar-refractivity contribution in [2.75, 3.05) is 13.1 Å². The van der Waals surface area contributed by atoms with Crippen molar-refractivity contribution in [3.8, 4) is 0 Å². The maximum atomic E-state index is 11.9. The van der Waals surface area contributed by atoms with Crippen LogP contribution in [0.2, 0.25) is 0 Å². The number of hydrogen-bond donors (Lipinski definition) is 0. The lowest BCUT2D eigenvalue weighted by atomic mass is 9.72. The van der Waals surface area contributed by atoms with Crippen molar-refractivity contribution in [2.24, 2.45) is 11.8 Å². The summed E-state index contributed by atoms with van der Waals surface area (Å²) in [5.74, 6) is 1.34. The predicted molar refractivity (Wildman–Crippen MR) is 98.1 cm³/mol. The van der Waals surface area contributed by atoms with Crippen LogP contribution in [-0.4, -0.2) is 35.0 Å². The molecule has 0 N–H and O–H groups in total. The monoisotopic (exact) mass is 338 g/mol. The zero-order valence-electron chi connectivity index (χ0n) is 15.0. The Morgan fingerprint density at radius 3 is 2.92 bits per heavy atom. The van der Waals surface area contributed by atoms with Crippen LogP contribution in [0.1, 0.15) is 44.8 Å². The molecule has 1 aromatic heterocycles. The minimum atomic E-state index is -0.217. The average molecular weight is 338 g/mol. The predicted octanol–water partition coefficient (Wildman–Crippen LogP) is 3.96. The van der Waals surface area contributed by atoms with Gasteiger partial charge < -0.3 is 4.74 Å². The van der Waals surface area contributed by atoms with Gasteiger partial charge >= 0.3 is 5.97 Å². The number of carbonyl (C=O) groups excluding carboxylic acids is 1. The quantitative estimate of drug-likeness (QED) is 0.792. The number of esters is 1. The third-order valence-electron chi connectivity index (χ3n) is 6.09. The Balaban J connectivity index is 1.73. The van der Waals surface area contributed by atoms with Crippen molar-refractivity contribution in [3.63, 3.8) is 0 Å². The van der Waals surface area contributed by atoms with Crippen LogP contribution in [0.3, 0.4) is 0 Å². The molecule has 0 saturated carbocycles. The van der Waals surface area contributed by atoms with Gasteiger partial charge in [-0.3, -0.25) is 14.7 Å². The Hall–Kier alpha value is -1.94. The van der Waals surface area contributed by atoms with Crippen molar-refractivity contribution >= 4 is 16.9 Å². The van der Waals surface area contributed by atoms with Crippen LogP contribution in [0.5, 0.6) is 0 Å². The number of ether oxygens (including phenoxy) is 1. The lowest BCUT2D eigenvalue weighted by molar-refractivity contribution is -0.155. The van der Waals surface area contributed by atoms with Crippen LogP contribution in [0.25, 0.3) is 10.9 Å². The minimum absolute atomic E-state index is 0.208. The molecule has 0 spiro atoms. The van der Waals surface area contributed by atoms with Crippen LogP contribution in [-0.2, 0) is 9.53 Å². The molecule has 3 fully saturated rings. The average Bonchev–Trinajstić information content (AvgIpc) is 2.66. The van der Waals surface area contributed by atoms with Crippen LogP contribution in [0, 0.1) is 11.8 Å². The summed E-state index contributed by atoms with van der Waals surface area (Å²) >= 11 is 0. The van der Waals surface area contributed by atoms with Gasteiger partial charge in [0.05, 0.1) is 11.6 Å². The summed E-state index contributed by atoms with van der Waals surface area (Å²) < 4.78 is 5.90. The van der Waals surface area contributed by atoms with Crippen molar-refractivity contribution in [3.05, 3.63) is 42.1 Å². The van der Waals surface area contributed by atoms with Gasteiger partial charge in [-0.1, -0.05) is 31.5 Å². The molecule has 1 aromatic carbocycles. The van der Waals surface area contributed by atoms with E-state index >= 15 is 0 Å². The lowest BCUT2D eigenvalue weighted by Gasteiger charge is -2.51. The summed E-state index contributed by atoms with van der Waals surface area (Å²) in [5, 5.41) is 1.09. The van der Waals surface area contributed by atoms with Crippen molar-refractivity contribution in [1.29, 1.82) is 0 Å². The maximum absolute atomic E-state index is 11.9. The summed E-state index contributed by atoms with van der Waals surface area (Å²) in [7, 11) is 0. The molecule has 132 valence electrons. The highest BCUT2D eigenvalue weighted by atomic mass is 16.5. The second-order valence-corrected chi connectivity index (χ2v) is 7.46. The van der Waals surface area contributed by atoms with E-state index in [1.165, 1.54) is 19.8 Å². The number of hydrogen-bond acceptors (Lipinski definition) is 4. The molecule has 4 nitrogen and oxygen atoms in total. The number of pyridine rings is 1. The third kappa shape index (κ3) is 3.04. The second-order valence-electron chi connectivity index (χ2n) is 7.46. The number of nitrogens with zero attached hydrogens (tertiary/aromatic N) is 2. The SMILES string of the molecule is CC[C@H]1CN2CC[C@H]1C[C@H]2[C@H](OC(C)=O)c1ccnc2ccccc12. The van der Waals surface area contributed by atoms with Gasteiger partial charge in [-0.2, -0.15) is 0 Å². The first kappa shape index (κ1) is 16.5. The highest BCUT2D eigenvalue weighted by Gasteiger charge is 2.44. The number of piperidine rings is 3. The summed E-state index contributed by atoms with van der Waals surface area (Å²) in [6, 6.07) is 10.4. The number of aromatic nitrogens is 1. The summed E-state index contributed by atoms with van der Waals surface area (Å²) in [6.07, 6.45) is 5.25. The molecule has 1 unspecified atom stereocenters. The second kappa shape index (κ2) is 6.75. The van der Waals surface area contributed by atoms with Crippen molar-refractivity contribution in [2.45, 2.75) is 45.3 Å². The Kier molecular flexibility index (Phi) is 4.46. The van der Waals surface area contributed by atoms with E-state index in [-0.39, 0.29) is 18.1 Å². The molecule has 25 heavy (non-hydrogen) atoms. The molecule has 5 rings (SSSR count). The van der Waals surface area contributed by atoms with E-state index in [4.69, 9.17) is 4.74 Å². The molecule has 2 bridgehead atoms. The largest absolute Gasteiger partial charge is 0.456 e. The van der Waals surface area contributed by atoms with E-state index in [2.05, 4.69) is 22.9 Å². The van der Waals surface area contributed by atoms with Gasteiger partial charge in [-0.15, -0.1) is 0 Å². The van der Waals surface area contributed by atoms with Crippen molar-refractivity contribution in [1.82, 2.24) is 9.88 Å². The van der Waals surface area contributed by atoms with E-state index in [9.17, 15) is 4.79 Å². The van der Waals surface area contributed by atoms with Gasteiger partial charge in [-0.25, -0.2) is 0 Å². The van der Waals surface area contributed by atoms with Crippen LogP contribution in [0.4, 0.5) is 0 Å². The topological polar surface area (TPSA) is 42.4 Å². The minimum Gasteiger partial charge on any atom is -0.456 e. The molecule has 5 atom stereocenters. The summed E-state index contributed by atoms with van der Waals surface area (Å²) in [6.45, 7) is 6.06. The number of carbonyl (C=O) groups is 1. The van der Waals surface area contributed by atoms with E-state index in [1.807, 2.05) is 30.5 Å². The number of para-hydroxylation sites is 1. The molecular weight excluding hydrogens is 312 g/mol.